The maximum Gasteiger partial charge on any atom is 0.253 e. The van der Waals surface area contributed by atoms with Gasteiger partial charge in [-0.1, -0.05) is 18.2 Å². The monoisotopic (exact) mass is 416 g/mol. The van der Waals surface area contributed by atoms with Crippen LogP contribution in [0.5, 0.6) is 0 Å². The highest BCUT2D eigenvalue weighted by molar-refractivity contribution is 7.80. The van der Waals surface area contributed by atoms with Gasteiger partial charge in [-0.25, -0.2) is 0 Å². The summed E-state index contributed by atoms with van der Waals surface area (Å²) in [6.07, 6.45) is 3.38. The molecule has 29 heavy (non-hydrogen) atoms. The number of H-pyrrole nitrogens is 1. The molecule has 2 N–H and O–H groups in total. The maximum atomic E-state index is 12.7. The number of hydrogen-bond acceptors (Lipinski definition) is 4. The number of aryl methyl sites for hydroxylation is 1. The van der Waals surface area contributed by atoms with Gasteiger partial charge < -0.3 is 24.8 Å². The highest BCUT2D eigenvalue weighted by atomic mass is 32.1. The quantitative estimate of drug-likeness (QED) is 0.645. The van der Waals surface area contributed by atoms with E-state index >= 15 is 0 Å². The zero-order chi connectivity index (χ0) is 20.8. The van der Waals surface area contributed by atoms with Gasteiger partial charge in [-0.05, 0) is 76.1 Å². The van der Waals surface area contributed by atoms with Crippen LogP contribution in [0.4, 0.5) is 0 Å². The predicted molar refractivity (Wildman–Crippen MR) is 122 cm³/mol. The topological polar surface area (TPSA) is 60.6 Å². The van der Waals surface area contributed by atoms with Gasteiger partial charge in [0.15, 0.2) is 5.11 Å². The normalized spacial score (nSPS) is 16.5. The van der Waals surface area contributed by atoms with Crippen molar-refractivity contribution >= 4 is 28.2 Å². The molecule has 1 aromatic carbocycles. The Kier molecular flexibility index (Phi) is 7.64. The second-order valence-corrected chi connectivity index (χ2v) is 8.45. The number of hydrogen-bond donors (Lipinski definition) is 2. The van der Waals surface area contributed by atoms with E-state index in [1.807, 2.05) is 31.2 Å². The Morgan fingerprint density at radius 1 is 1.34 bits per heavy atom. The van der Waals surface area contributed by atoms with E-state index in [2.05, 4.69) is 34.2 Å². The molecule has 1 atom stereocenters. The number of aromatic nitrogens is 1. The molecule has 1 saturated heterocycles. The van der Waals surface area contributed by atoms with Crippen LogP contribution in [0.25, 0.3) is 10.9 Å². The van der Waals surface area contributed by atoms with Gasteiger partial charge in [0.25, 0.3) is 5.56 Å². The first-order valence-electron chi connectivity index (χ1n) is 10.3. The lowest BCUT2D eigenvalue weighted by molar-refractivity contribution is 0.113. The van der Waals surface area contributed by atoms with Crippen LogP contribution in [0, 0.1) is 6.92 Å². The van der Waals surface area contributed by atoms with Crippen LogP contribution in [-0.4, -0.2) is 66.3 Å². The Balaban J connectivity index is 1.74. The Labute approximate surface area is 178 Å². The van der Waals surface area contributed by atoms with E-state index in [9.17, 15) is 4.79 Å². The van der Waals surface area contributed by atoms with Crippen molar-refractivity contribution in [3.63, 3.8) is 0 Å². The van der Waals surface area contributed by atoms with Crippen LogP contribution in [0.1, 0.15) is 30.4 Å². The SMILES string of the molecule is Cc1cccc2cc(CN(CCCN(C)C)C(=S)NC[C@@H]3CCCO3)c(=O)[nH]c12. The fraction of sp³-hybridized carbons (Fsp3) is 0.545. The highest BCUT2D eigenvalue weighted by Gasteiger charge is 2.18. The van der Waals surface area contributed by atoms with Gasteiger partial charge in [0, 0.05) is 25.3 Å². The summed E-state index contributed by atoms with van der Waals surface area (Å²) in [5.41, 5.74) is 2.66. The molecular weight excluding hydrogens is 384 g/mol. The van der Waals surface area contributed by atoms with Crippen molar-refractivity contribution in [3.05, 3.63) is 45.7 Å². The van der Waals surface area contributed by atoms with Gasteiger partial charge in [-0.2, -0.15) is 0 Å². The van der Waals surface area contributed by atoms with E-state index in [-0.39, 0.29) is 11.7 Å². The molecule has 0 bridgehead atoms. The Hall–Kier alpha value is -1.96. The van der Waals surface area contributed by atoms with E-state index in [1.165, 1.54) is 0 Å². The van der Waals surface area contributed by atoms with Crippen LogP contribution in [-0.2, 0) is 11.3 Å². The van der Waals surface area contributed by atoms with Gasteiger partial charge in [0.1, 0.15) is 0 Å². The molecule has 0 amide bonds. The number of thiocarbonyl (C=S) groups is 1. The average molecular weight is 417 g/mol. The Morgan fingerprint density at radius 2 is 2.17 bits per heavy atom. The number of nitrogens with one attached hydrogen (secondary N) is 2. The van der Waals surface area contributed by atoms with Gasteiger partial charge in [-0.3, -0.25) is 4.79 Å². The molecule has 2 aromatic rings. The number of nitrogens with zero attached hydrogens (tertiary/aromatic N) is 2. The number of pyridine rings is 1. The van der Waals surface area contributed by atoms with Gasteiger partial charge in [0.05, 0.1) is 18.2 Å². The van der Waals surface area contributed by atoms with Crippen molar-refractivity contribution < 1.29 is 4.74 Å². The molecule has 1 aliphatic rings. The van der Waals surface area contributed by atoms with Crippen molar-refractivity contribution in [2.24, 2.45) is 0 Å². The number of para-hydroxylation sites is 1. The molecule has 7 heteroatoms. The highest BCUT2D eigenvalue weighted by Crippen LogP contribution is 2.16. The zero-order valence-electron chi connectivity index (χ0n) is 17.7. The summed E-state index contributed by atoms with van der Waals surface area (Å²) < 4.78 is 5.69. The van der Waals surface area contributed by atoms with Crippen molar-refractivity contribution in [3.8, 4) is 0 Å². The minimum atomic E-state index is -0.0497. The maximum absolute atomic E-state index is 12.7. The second kappa shape index (κ2) is 10.2. The lowest BCUT2D eigenvalue weighted by atomic mass is 10.1. The van der Waals surface area contributed by atoms with Gasteiger partial charge >= 0.3 is 0 Å². The molecule has 0 saturated carbocycles. The Morgan fingerprint density at radius 3 is 2.90 bits per heavy atom. The number of aromatic amines is 1. The molecule has 3 rings (SSSR count). The van der Waals surface area contributed by atoms with Gasteiger partial charge in [-0.15, -0.1) is 0 Å². The molecule has 1 aromatic heterocycles. The van der Waals surface area contributed by atoms with Crippen molar-refractivity contribution in [2.45, 2.75) is 38.8 Å². The van der Waals surface area contributed by atoms with Gasteiger partial charge in [0.2, 0.25) is 0 Å². The molecule has 6 nitrogen and oxygen atoms in total. The van der Waals surface area contributed by atoms with Crippen molar-refractivity contribution in [2.75, 3.05) is 40.3 Å². The third-order valence-electron chi connectivity index (χ3n) is 5.35. The number of fused-ring (bicyclic) bond motifs is 1. The molecule has 0 unspecified atom stereocenters. The zero-order valence-corrected chi connectivity index (χ0v) is 18.5. The molecule has 158 valence electrons. The van der Waals surface area contributed by atoms with Crippen LogP contribution < -0.4 is 10.9 Å². The van der Waals surface area contributed by atoms with Crippen LogP contribution >= 0.6 is 12.2 Å². The largest absolute Gasteiger partial charge is 0.376 e. The summed E-state index contributed by atoms with van der Waals surface area (Å²) in [6, 6.07) is 8.05. The van der Waals surface area contributed by atoms with E-state index in [0.29, 0.717) is 11.7 Å². The molecule has 0 spiro atoms. The first-order chi connectivity index (χ1) is 13.9. The molecule has 0 aliphatic carbocycles. The number of benzene rings is 1. The summed E-state index contributed by atoms with van der Waals surface area (Å²) in [5.74, 6) is 0. The van der Waals surface area contributed by atoms with E-state index < -0.39 is 0 Å². The minimum Gasteiger partial charge on any atom is -0.376 e. The van der Waals surface area contributed by atoms with E-state index in [1.54, 1.807) is 0 Å². The fourth-order valence-corrected chi connectivity index (χ4v) is 3.94. The average Bonchev–Trinajstić information content (AvgIpc) is 3.20. The van der Waals surface area contributed by atoms with Crippen LogP contribution in [0.2, 0.25) is 0 Å². The summed E-state index contributed by atoms with van der Waals surface area (Å²) >= 11 is 5.68. The smallest absolute Gasteiger partial charge is 0.253 e. The van der Waals surface area contributed by atoms with Crippen LogP contribution in [0.3, 0.4) is 0 Å². The first kappa shape index (κ1) is 21.7. The third kappa shape index (κ3) is 6.01. The second-order valence-electron chi connectivity index (χ2n) is 8.06. The standard InChI is InChI=1S/C22H32N4O2S/c1-16-7-4-8-17-13-18(21(27)24-20(16)17)15-26(11-6-10-25(2)3)22(29)23-14-19-9-5-12-28-19/h4,7-8,13,19H,5-6,9-12,14-15H2,1-3H3,(H,23,29)(H,24,27)/t19-/m0/s1. The Bertz CT molecular complexity index is 890. The summed E-state index contributed by atoms with van der Waals surface area (Å²) in [4.78, 5) is 20.0. The summed E-state index contributed by atoms with van der Waals surface area (Å²) in [7, 11) is 4.13. The van der Waals surface area contributed by atoms with Crippen LogP contribution in [0.15, 0.2) is 29.1 Å². The molecule has 1 aliphatic heterocycles. The molecule has 1 fully saturated rings. The first-order valence-corrected chi connectivity index (χ1v) is 10.8. The lowest BCUT2D eigenvalue weighted by Crippen LogP contribution is -2.43. The molecule has 2 heterocycles. The van der Waals surface area contributed by atoms with E-state index in [0.717, 1.165) is 67.5 Å². The molecule has 0 radical (unpaired) electrons. The van der Waals surface area contributed by atoms with Crippen molar-refractivity contribution in [1.29, 1.82) is 0 Å². The minimum absolute atomic E-state index is 0.0497. The van der Waals surface area contributed by atoms with E-state index in [4.69, 9.17) is 17.0 Å². The summed E-state index contributed by atoms with van der Waals surface area (Å²) in [5, 5.41) is 5.09. The third-order valence-corrected chi connectivity index (χ3v) is 5.75. The fourth-order valence-electron chi connectivity index (χ4n) is 3.70. The molecular formula is C22H32N4O2S. The number of rotatable bonds is 8. The lowest BCUT2D eigenvalue weighted by Gasteiger charge is -2.27. The van der Waals surface area contributed by atoms with Crippen molar-refractivity contribution in [1.82, 2.24) is 20.1 Å². The number of ether oxygens (including phenoxy) is 1. The summed E-state index contributed by atoms with van der Waals surface area (Å²) in [6.45, 7) is 5.81. The predicted octanol–water partition coefficient (Wildman–Crippen LogP) is 2.64.